The molecule has 0 radical (unpaired) electrons. The van der Waals surface area contributed by atoms with Gasteiger partial charge in [0.2, 0.25) is 0 Å². The highest BCUT2D eigenvalue weighted by Gasteiger charge is 2.06. The van der Waals surface area contributed by atoms with Crippen molar-refractivity contribution in [1.82, 2.24) is 5.16 Å². The van der Waals surface area contributed by atoms with Gasteiger partial charge in [0.1, 0.15) is 0 Å². The Labute approximate surface area is 66.9 Å². The van der Waals surface area contributed by atoms with Gasteiger partial charge in [-0.3, -0.25) is 0 Å². The maximum atomic E-state index is 5.03. The molecule has 1 heterocycles. The lowest BCUT2D eigenvalue weighted by atomic mass is 10.1. The number of rotatable bonds is 3. The van der Waals surface area contributed by atoms with E-state index >= 15 is 0 Å². The molecular formula is C9H13NO. The van der Waals surface area contributed by atoms with Crippen molar-refractivity contribution in [2.24, 2.45) is 0 Å². The number of aryl methyl sites for hydroxylation is 1. The minimum Gasteiger partial charge on any atom is -0.356 e. The molecule has 0 bridgehead atoms. The van der Waals surface area contributed by atoms with Crippen molar-refractivity contribution < 1.29 is 4.52 Å². The Bertz CT molecular complexity index is 250. The highest BCUT2D eigenvalue weighted by molar-refractivity contribution is 5.45. The van der Waals surface area contributed by atoms with E-state index in [2.05, 4.69) is 18.7 Å². The van der Waals surface area contributed by atoms with Crippen LogP contribution in [0.3, 0.4) is 0 Å². The van der Waals surface area contributed by atoms with Gasteiger partial charge in [-0.15, -0.1) is 0 Å². The first-order valence-electron chi connectivity index (χ1n) is 3.87. The van der Waals surface area contributed by atoms with Crippen molar-refractivity contribution in [2.75, 3.05) is 0 Å². The first-order chi connectivity index (χ1) is 5.29. The highest BCUT2D eigenvalue weighted by atomic mass is 16.5. The van der Waals surface area contributed by atoms with Crippen molar-refractivity contribution in [3.63, 3.8) is 0 Å². The molecule has 0 aliphatic rings. The minimum atomic E-state index is 0.799. The Hall–Kier alpha value is -1.05. The van der Waals surface area contributed by atoms with Crippen LogP contribution in [0.2, 0.25) is 0 Å². The van der Waals surface area contributed by atoms with Crippen LogP contribution in [0.4, 0.5) is 0 Å². The predicted molar refractivity (Wildman–Crippen MR) is 45.3 cm³/mol. The monoisotopic (exact) mass is 151 g/mol. The molecule has 0 saturated heterocycles. The molecular weight excluding hydrogens is 138 g/mol. The van der Waals surface area contributed by atoms with E-state index in [1.54, 1.807) is 6.08 Å². The lowest BCUT2D eigenvalue weighted by molar-refractivity contribution is 0.404. The lowest BCUT2D eigenvalue weighted by Crippen LogP contribution is -1.85. The zero-order chi connectivity index (χ0) is 8.27. The van der Waals surface area contributed by atoms with Gasteiger partial charge in [-0.2, -0.15) is 0 Å². The van der Waals surface area contributed by atoms with Crippen molar-refractivity contribution in [3.8, 4) is 0 Å². The second-order valence-electron chi connectivity index (χ2n) is 2.57. The van der Waals surface area contributed by atoms with Crippen LogP contribution >= 0.6 is 0 Å². The van der Waals surface area contributed by atoms with Crippen molar-refractivity contribution in [2.45, 2.75) is 26.7 Å². The fourth-order valence-corrected chi connectivity index (χ4v) is 1.04. The Morgan fingerprint density at radius 3 is 2.82 bits per heavy atom. The molecule has 1 rings (SSSR count). The van der Waals surface area contributed by atoms with E-state index in [1.807, 2.05) is 6.92 Å². The van der Waals surface area contributed by atoms with Crippen LogP contribution in [-0.2, 0) is 6.42 Å². The van der Waals surface area contributed by atoms with Crippen LogP contribution in [-0.4, -0.2) is 5.16 Å². The third kappa shape index (κ3) is 1.50. The van der Waals surface area contributed by atoms with E-state index in [9.17, 15) is 0 Å². The molecule has 0 aliphatic heterocycles. The average Bonchev–Trinajstić information content (AvgIpc) is 2.34. The number of aromatic nitrogens is 1. The van der Waals surface area contributed by atoms with E-state index in [4.69, 9.17) is 4.52 Å². The standard InChI is InChI=1S/C9H13NO/c1-4-6-8-7(3)9(5-2)11-10-8/h5H,2,4,6H2,1,3H3. The van der Waals surface area contributed by atoms with Gasteiger partial charge < -0.3 is 4.52 Å². The summed E-state index contributed by atoms with van der Waals surface area (Å²) < 4.78 is 5.03. The molecule has 11 heavy (non-hydrogen) atoms. The number of nitrogens with zero attached hydrogens (tertiary/aromatic N) is 1. The smallest absolute Gasteiger partial charge is 0.162 e. The van der Waals surface area contributed by atoms with Crippen molar-refractivity contribution >= 4 is 6.08 Å². The second kappa shape index (κ2) is 3.37. The van der Waals surface area contributed by atoms with Crippen molar-refractivity contribution in [3.05, 3.63) is 23.6 Å². The first kappa shape index (κ1) is 8.05. The molecule has 2 heteroatoms. The fourth-order valence-electron chi connectivity index (χ4n) is 1.04. The maximum absolute atomic E-state index is 5.03. The third-order valence-corrected chi connectivity index (χ3v) is 1.73. The third-order valence-electron chi connectivity index (χ3n) is 1.73. The van der Waals surface area contributed by atoms with E-state index in [1.165, 1.54) is 0 Å². The summed E-state index contributed by atoms with van der Waals surface area (Å²) in [5.41, 5.74) is 2.18. The average molecular weight is 151 g/mol. The summed E-state index contributed by atoms with van der Waals surface area (Å²) in [7, 11) is 0. The molecule has 0 aromatic carbocycles. The van der Waals surface area contributed by atoms with Crippen LogP contribution in [0.25, 0.3) is 6.08 Å². The molecule has 0 unspecified atom stereocenters. The van der Waals surface area contributed by atoms with Gasteiger partial charge in [0.25, 0.3) is 0 Å². The summed E-state index contributed by atoms with van der Waals surface area (Å²) in [6.07, 6.45) is 3.79. The first-order valence-corrected chi connectivity index (χ1v) is 3.87. The zero-order valence-corrected chi connectivity index (χ0v) is 7.05. The maximum Gasteiger partial charge on any atom is 0.162 e. The van der Waals surface area contributed by atoms with E-state index < -0.39 is 0 Å². The van der Waals surface area contributed by atoms with Crippen LogP contribution in [0.15, 0.2) is 11.1 Å². The molecule has 0 N–H and O–H groups in total. The molecule has 1 aromatic rings. The molecule has 60 valence electrons. The molecule has 0 spiro atoms. The van der Waals surface area contributed by atoms with Crippen LogP contribution in [0.1, 0.15) is 30.4 Å². The summed E-state index contributed by atoms with van der Waals surface area (Å²) in [5, 5.41) is 3.93. The van der Waals surface area contributed by atoms with Gasteiger partial charge in [0.05, 0.1) is 5.69 Å². The normalized spacial score (nSPS) is 10.0. The van der Waals surface area contributed by atoms with Gasteiger partial charge >= 0.3 is 0 Å². The molecule has 0 fully saturated rings. The number of hydrogen-bond donors (Lipinski definition) is 0. The van der Waals surface area contributed by atoms with Gasteiger partial charge in [0, 0.05) is 5.56 Å². The minimum absolute atomic E-state index is 0.799. The molecule has 1 aromatic heterocycles. The number of hydrogen-bond acceptors (Lipinski definition) is 2. The Morgan fingerprint density at radius 1 is 1.64 bits per heavy atom. The van der Waals surface area contributed by atoms with E-state index in [0.717, 1.165) is 29.9 Å². The largest absolute Gasteiger partial charge is 0.356 e. The zero-order valence-electron chi connectivity index (χ0n) is 7.05. The summed E-state index contributed by atoms with van der Waals surface area (Å²) in [5.74, 6) is 0.799. The van der Waals surface area contributed by atoms with Gasteiger partial charge in [-0.1, -0.05) is 25.1 Å². The lowest BCUT2D eigenvalue weighted by Gasteiger charge is -1.90. The summed E-state index contributed by atoms with van der Waals surface area (Å²) >= 11 is 0. The quantitative estimate of drug-likeness (QED) is 0.663. The summed E-state index contributed by atoms with van der Waals surface area (Å²) in [6, 6.07) is 0. The van der Waals surface area contributed by atoms with E-state index in [-0.39, 0.29) is 0 Å². The van der Waals surface area contributed by atoms with Gasteiger partial charge in [-0.05, 0) is 19.4 Å². The second-order valence-corrected chi connectivity index (χ2v) is 2.57. The van der Waals surface area contributed by atoms with Crippen LogP contribution < -0.4 is 0 Å². The van der Waals surface area contributed by atoms with Gasteiger partial charge in [-0.25, -0.2) is 0 Å². The van der Waals surface area contributed by atoms with Crippen LogP contribution in [0, 0.1) is 6.92 Å². The van der Waals surface area contributed by atoms with E-state index in [0.29, 0.717) is 0 Å². The topological polar surface area (TPSA) is 26.0 Å². The Morgan fingerprint density at radius 2 is 2.36 bits per heavy atom. The molecule has 0 amide bonds. The molecule has 0 saturated carbocycles. The van der Waals surface area contributed by atoms with Crippen LogP contribution in [0.5, 0.6) is 0 Å². The molecule has 0 atom stereocenters. The predicted octanol–water partition coefficient (Wildman–Crippen LogP) is 2.58. The highest BCUT2D eigenvalue weighted by Crippen LogP contribution is 2.14. The SMILES string of the molecule is C=Cc1onc(CCC)c1C. The Kier molecular flexibility index (Phi) is 2.47. The van der Waals surface area contributed by atoms with Gasteiger partial charge in [0.15, 0.2) is 5.76 Å². The summed E-state index contributed by atoms with van der Waals surface area (Å²) in [6.45, 7) is 7.77. The Balaban J connectivity index is 2.90. The van der Waals surface area contributed by atoms with Crippen molar-refractivity contribution in [1.29, 1.82) is 0 Å². The molecule has 2 nitrogen and oxygen atoms in total. The fraction of sp³-hybridized carbons (Fsp3) is 0.444. The summed E-state index contributed by atoms with van der Waals surface area (Å²) in [4.78, 5) is 0. The molecule has 0 aliphatic carbocycles.